The Bertz CT molecular complexity index is 540. The summed E-state index contributed by atoms with van der Waals surface area (Å²) in [6.45, 7) is 6.87. The molecule has 0 atom stereocenters. The van der Waals surface area contributed by atoms with E-state index in [2.05, 4.69) is 23.7 Å². The molecule has 0 fully saturated rings. The van der Waals surface area contributed by atoms with Crippen molar-refractivity contribution in [1.82, 2.24) is 9.88 Å². The van der Waals surface area contributed by atoms with E-state index in [0.29, 0.717) is 10.9 Å². The molecule has 2 aromatic rings. The minimum absolute atomic E-state index is 0.00663. The predicted octanol–water partition coefficient (Wildman–Crippen LogP) is 3.09. The number of aryl methyl sites for hydroxylation is 1. The Hall–Kier alpha value is -1.35. The molecule has 0 aliphatic heterocycles. The maximum absolute atomic E-state index is 13.9. The summed E-state index contributed by atoms with van der Waals surface area (Å²) in [6.07, 6.45) is 1.95. The third-order valence-corrected chi connectivity index (χ3v) is 3.32. The van der Waals surface area contributed by atoms with Crippen molar-refractivity contribution >= 4 is 10.9 Å². The van der Waals surface area contributed by atoms with Gasteiger partial charge >= 0.3 is 0 Å². The molecule has 0 amide bonds. The summed E-state index contributed by atoms with van der Waals surface area (Å²) < 4.78 is 16.0. The van der Waals surface area contributed by atoms with Crippen LogP contribution in [0, 0.1) is 12.7 Å². The van der Waals surface area contributed by atoms with Crippen molar-refractivity contribution in [2.24, 2.45) is 0 Å². The van der Waals surface area contributed by atoms with Gasteiger partial charge in [-0.3, -0.25) is 0 Å². The number of rotatable bonds is 3. The fourth-order valence-corrected chi connectivity index (χ4v) is 1.99. The summed E-state index contributed by atoms with van der Waals surface area (Å²) in [7, 11) is 1.94. The summed E-state index contributed by atoms with van der Waals surface area (Å²) in [5.74, 6) is -0.108. The van der Waals surface area contributed by atoms with E-state index >= 15 is 0 Å². The van der Waals surface area contributed by atoms with Crippen LogP contribution >= 0.6 is 0 Å². The first-order valence-corrected chi connectivity index (χ1v) is 5.87. The Balaban J connectivity index is 2.47. The lowest BCUT2D eigenvalue weighted by atomic mass is 10.1. The minimum Gasteiger partial charge on any atom is -0.346 e. The summed E-state index contributed by atoms with van der Waals surface area (Å²) in [5, 5.41) is 3.96. The van der Waals surface area contributed by atoms with Crippen molar-refractivity contribution < 1.29 is 4.39 Å². The fraction of sp³-hybridized carbons (Fsp3) is 0.429. The van der Waals surface area contributed by atoms with E-state index in [9.17, 15) is 4.39 Å². The van der Waals surface area contributed by atoms with Gasteiger partial charge in [0.25, 0.3) is 0 Å². The monoisotopic (exact) mass is 234 g/mol. The van der Waals surface area contributed by atoms with Crippen LogP contribution in [0.4, 0.5) is 4.39 Å². The van der Waals surface area contributed by atoms with Gasteiger partial charge in [-0.05, 0) is 45.5 Å². The number of aromatic nitrogens is 1. The molecule has 2 nitrogen and oxygen atoms in total. The van der Waals surface area contributed by atoms with Crippen molar-refractivity contribution in [3.63, 3.8) is 0 Å². The standard InChI is InChI=1S/C14H19FN2/c1-10-5-6-12-11(13(10)15)7-8-17(12)9-14(2,3)16-4/h5-8,16H,9H2,1-4H3. The van der Waals surface area contributed by atoms with Gasteiger partial charge in [0.15, 0.2) is 0 Å². The van der Waals surface area contributed by atoms with Crippen LogP contribution in [-0.4, -0.2) is 17.2 Å². The third-order valence-electron chi connectivity index (χ3n) is 3.32. The third kappa shape index (κ3) is 2.20. The zero-order chi connectivity index (χ0) is 12.6. The van der Waals surface area contributed by atoms with Crippen LogP contribution < -0.4 is 5.32 Å². The van der Waals surface area contributed by atoms with Gasteiger partial charge in [-0.2, -0.15) is 0 Å². The normalized spacial score (nSPS) is 12.3. The largest absolute Gasteiger partial charge is 0.346 e. The Morgan fingerprint density at radius 3 is 2.65 bits per heavy atom. The molecule has 1 N–H and O–H groups in total. The molecule has 3 heteroatoms. The highest BCUT2D eigenvalue weighted by atomic mass is 19.1. The van der Waals surface area contributed by atoms with E-state index in [0.717, 1.165) is 12.1 Å². The molecule has 1 heterocycles. The van der Waals surface area contributed by atoms with E-state index in [1.807, 2.05) is 31.4 Å². The van der Waals surface area contributed by atoms with Crippen molar-refractivity contribution in [2.75, 3.05) is 7.05 Å². The van der Waals surface area contributed by atoms with Crippen LogP contribution in [0.3, 0.4) is 0 Å². The van der Waals surface area contributed by atoms with E-state index in [4.69, 9.17) is 0 Å². The van der Waals surface area contributed by atoms with Crippen molar-refractivity contribution in [1.29, 1.82) is 0 Å². The summed E-state index contributed by atoms with van der Waals surface area (Å²) in [4.78, 5) is 0. The number of fused-ring (bicyclic) bond motifs is 1. The number of halogens is 1. The van der Waals surface area contributed by atoms with Gasteiger partial charge in [-0.25, -0.2) is 4.39 Å². The number of hydrogen-bond acceptors (Lipinski definition) is 1. The number of likely N-dealkylation sites (N-methyl/N-ethyl adjacent to an activating group) is 1. The van der Waals surface area contributed by atoms with Gasteiger partial charge in [0.1, 0.15) is 5.82 Å². The first kappa shape index (κ1) is 12.1. The minimum atomic E-state index is -0.108. The summed E-state index contributed by atoms with van der Waals surface area (Å²) >= 11 is 0. The molecule has 17 heavy (non-hydrogen) atoms. The number of hydrogen-bond donors (Lipinski definition) is 1. The summed E-state index contributed by atoms with van der Waals surface area (Å²) in [6, 6.07) is 5.67. The Morgan fingerprint density at radius 1 is 1.29 bits per heavy atom. The first-order valence-electron chi connectivity index (χ1n) is 5.87. The molecule has 2 rings (SSSR count). The van der Waals surface area contributed by atoms with E-state index < -0.39 is 0 Å². The Kier molecular flexibility index (Phi) is 2.96. The van der Waals surface area contributed by atoms with Crippen molar-refractivity contribution in [3.05, 3.63) is 35.8 Å². The fourth-order valence-electron chi connectivity index (χ4n) is 1.99. The van der Waals surface area contributed by atoms with E-state index in [-0.39, 0.29) is 11.4 Å². The first-order chi connectivity index (χ1) is 7.94. The van der Waals surface area contributed by atoms with Gasteiger partial charge in [-0.15, -0.1) is 0 Å². The smallest absolute Gasteiger partial charge is 0.135 e. The second-order valence-electron chi connectivity index (χ2n) is 5.21. The summed E-state index contributed by atoms with van der Waals surface area (Å²) in [5.41, 5.74) is 1.65. The molecule has 92 valence electrons. The molecule has 0 aliphatic rings. The molecule has 1 aromatic heterocycles. The molecule has 0 aliphatic carbocycles. The number of nitrogens with one attached hydrogen (secondary N) is 1. The van der Waals surface area contributed by atoms with Crippen LogP contribution in [0.15, 0.2) is 24.4 Å². The second-order valence-corrected chi connectivity index (χ2v) is 5.21. The lowest BCUT2D eigenvalue weighted by Crippen LogP contribution is -2.40. The predicted molar refractivity (Wildman–Crippen MR) is 69.8 cm³/mol. The van der Waals surface area contributed by atoms with Gasteiger partial charge < -0.3 is 9.88 Å². The van der Waals surface area contributed by atoms with Gasteiger partial charge in [-0.1, -0.05) is 6.07 Å². The number of nitrogens with zero attached hydrogens (tertiary/aromatic N) is 1. The van der Waals surface area contributed by atoms with E-state index in [1.165, 1.54) is 0 Å². The topological polar surface area (TPSA) is 17.0 Å². The Labute approximate surface area is 101 Å². The maximum Gasteiger partial charge on any atom is 0.135 e. The molecule has 0 saturated heterocycles. The lowest BCUT2D eigenvalue weighted by molar-refractivity contribution is 0.368. The van der Waals surface area contributed by atoms with Crippen LogP contribution in [0.2, 0.25) is 0 Å². The molecule has 0 radical (unpaired) electrons. The van der Waals surface area contributed by atoms with Gasteiger partial charge in [0.2, 0.25) is 0 Å². The highest BCUT2D eigenvalue weighted by Gasteiger charge is 2.17. The second kappa shape index (κ2) is 4.15. The van der Waals surface area contributed by atoms with Crippen molar-refractivity contribution in [3.8, 4) is 0 Å². The maximum atomic E-state index is 13.9. The highest BCUT2D eigenvalue weighted by molar-refractivity contribution is 5.81. The molecular weight excluding hydrogens is 215 g/mol. The van der Waals surface area contributed by atoms with Crippen LogP contribution in [-0.2, 0) is 6.54 Å². The molecule has 0 bridgehead atoms. The van der Waals surface area contributed by atoms with Crippen LogP contribution in [0.1, 0.15) is 19.4 Å². The zero-order valence-electron chi connectivity index (χ0n) is 10.8. The average molecular weight is 234 g/mol. The van der Waals surface area contributed by atoms with E-state index in [1.54, 1.807) is 6.92 Å². The zero-order valence-corrected chi connectivity index (χ0v) is 10.8. The number of benzene rings is 1. The van der Waals surface area contributed by atoms with Crippen LogP contribution in [0.25, 0.3) is 10.9 Å². The molecule has 0 spiro atoms. The van der Waals surface area contributed by atoms with Crippen LogP contribution in [0.5, 0.6) is 0 Å². The highest BCUT2D eigenvalue weighted by Crippen LogP contribution is 2.23. The molecular formula is C14H19FN2. The quantitative estimate of drug-likeness (QED) is 0.863. The Morgan fingerprint density at radius 2 is 2.00 bits per heavy atom. The average Bonchev–Trinajstić information content (AvgIpc) is 2.67. The molecule has 0 saturated carbocycles. The molecule has 0 unspecified atom stereocenters. The lowest BCUT2D eigenvalue weighted by Gasteiger charge is -2.25. The van der Waals surface area contributed by atoms with Crippen molar-refractivity contribution in [2.45, 2.75) is 32.9 Å². The molecule has 1 aromatic carbocycles. The SMILES string of the molecule is CNC(C)(C)Cn1ccc2c(F)c(C)ccc21. The van der Waals surface area contributed by atoms with Gasteiger partial charge in [0, 0.05) is 23.7 Å². The van der Waals surface area contributed by atoms with Gasteiger partial charge in [0.05, 0.1) is 5.52 Å².